The number of benzene rings is 1. The quantitative estimate of drug-likeness (QED) is 0.571. The molecule has 0 saturated heterocycles. The van der Waals surface area contributed by atoms with Gasteiger partial charge in [-0.3, -0.25) is 11.3 Å². The summed E-state index contributed by atoms with van der Waals surface area (Å²) < 4.78 is 0. The van der Waals surface area contributed by atoms with Crippen LogP contribution < -0.4 is 11.3 Å². The van der Waals surface area contributed by atoms with Crippen molar-refractivity contribution in [1.82, 2.24) is 5.43 Å². The standard InChI is InChI=1S/C14H24N2/c1-4-11(3)9-14(16-15)13-8-6-7-12(5-2)10-13/h6-8,10-11,14,16H,4-5,9,15H2,1-3H3. The van der Waals surface area contributed by atoms with Crippen LogP contribution >= 0.6 is 0 Å². The van der Waals surface area contributed by atoms with Gasteiger partial charge in [0.05, 0.1) is 0 Å². The summed E-state index contributed by atoms with van der Waals surface area (Å²) in [5.74, 6) is 6.35. The molecule has 0 aromatic heterocycles. The van der Waals surface area contributed by atoms with Crippen molar-refractivity contribution in [3.63, 3.8) is 0 Å². The van der Waals surface area contributed by atoms with E-state index in [-0.39, 0.29) is 6.04 Å². The zero-order valence-electron chi connectivity index (χ0n) is 10.7. The molecule has 1 aromatic rings. The number of hydrazine groups is 1. The summed E-state index contributed by atoms with van der Waals surface area (Å²) in [6.45, 7) is 6.67. The van der Waals surface area contributed by atoms with Gasteiger partial charge in [0.1, 0.15) is 0 Å². The molecule has 2 nitrogen and oxygen atoms in total. The number of aryl methyl sites for hydroxylation is 1. The Bertz CT molecular complexity index is 309. The highest BCUT2D eigenvalue weighted by Crippen LogP contribution is 2.23. The zero-order chi connectivity index (χ0) is 12.0. The first-order valence-corrected chi connectivity index (χ1v) is 6.26. The van der Waals surface area contributed by atoms with E-state index in [0.29, 0.717) is 5.92 Å². The van der Waals surface area contributed by atoms with Crippen LogP contribution in [0.1, 0.15) is 50.8 Å². The van der Waals surface area contributed by atoms with E-state index < -0.39 is 0 Å². The van der Waals surface area contributed by atoms with E-state index >= 15 is 0 Å². The van der Waals surface area contributed by atoms with Crippen molar-refractivity contribution in [3.05, 3.63) is 35.4 Å². The molecule has 0 aliphatic rings. The van der Waals surface area contributed by atoms with E-state index in [1.165, 1.54) is 17.5 Å². The molecule has 0 fully saturated rings. The second-order valence-electron chi connectivity index (χ2n) is 4.57. The Labute approximate surface area is 99.2 Å². The predicted molar refractivity (Wildman–Crippen MR) is 70.0 cm³/mol. The molecule has 1 rings (SSSR count). The van der Waals surface area contributed by atoms with Gasteiger partial charge in [-0.1, -0.05) is 51.5 Å². The van der Waals surface area contributed by atoms with Gasteiger partial charge >= 0.3 is 0 Å². The number of nitrogens with two attached hydrogens (primary N) is 1. The summed E-state index contributed by atoms with van der Waals surface area (Å²) in [4.78, 5) is 0. The maximum atomic E-state index is 5.65. The van der Waals surface area contributed by atoms with Crippen LogP contribution in [0.25, 0.3) is 0 Å². The van der Waals surface area contributed by atoms with Gasteiger partial charge in [-0.15, -0.1) is 0 Å². The van der Waals surface area contributed by atoms with Gasteiger partial charge in [-0.2, -0.15) is 0 Å². The van der Waals surface area contributed by atoms with Gasteiger partial charge in [0.25, 0.3) is 0 Å². The third-order valence-electron chi connectivity index (χ3n) is 3.30. The van der Waals surface area contributed by atoms with Crippen LogP contribution in [0.2, 0.25) is 0 Å². The van der Waals surface area contributed by atoms with Gasteiger partial charge < -0.3 is 0 Å². The average molecular weight is 220 g/mol. The number of nitrogens with one attached hydrogen (secondary N) is 1. The Morgan fingerprint density at radius 3 is 2.62 bits per heavy atom. The van der Waals surface area contributed by atoms with Crippen LogP contribution in [0.3, 0.4) is 0 Å². The molecule has 90 valence electrons. The summed E-state index contributed by atoms with van der Waals surface area (Å²) in [6, 6.07) is 8.98. The molecule has 0 spiro atoms. The molecular weight excluding hydrogens is 196 g/mol. The summed E-state index contributed by atoms with van der Waals surface area (Å²) in [5.41, 5.74) is 5.62. The lowest BCUT2D eigenvalue weighted by atomic mass is 9.93. The van der Waals surface area contributed by atoms with Gasteiger partial charge in [-0.25, -0.2) is 0 Å². The van der Waals surface area contributed by atoms with E-state index in [0.717, 1.165) is 12.8 Å². The van der Waals surface area contributed by atoms with Gasteiger partial charge in [0.2, 0.25) is 0 Å². The minimum atomic E-state index is 0.279. The van der Waals surface area contributed by atoms with E-state index in [2.05, 4.69) is 50.5 Å². The second-order valence-corrected chi connectivity index (χ2v) is 4.57. The number of rotatable bonds is 6. The SMILES string of the molecule is CCc1cccc(C(CC(C)CC)NN)c1. The molecule has 2 atom stereocenters. The molecule has 3 N–H and O–H groups in total. The van der Waals surface area contributed by atoms with Crippen LogP contribution in [0.15, 0.2) is 24.3 Å². The molecule has 0 radical (unpaired) electrons. The average Bonchev–Trinajstić information content (AvgIpc) is 2.35. The predicted octanol–water partition coefficient (Wildman–Crippen LogP) is 3.19. The van der Waals surface area contributed by atoms with Crippen molar-refractivity contribution >= 4 is 0 Å². The first-order valence-electron chi connectivity index (χ1n) is 6.26. The van der Waals surface area contributed by atoms with Gasteiger partial charge in [-0.05, 0) is 29.9 Å². The summed E-state index contributed by atoms with van der Waals surface area (Å²) in [7, 11) is 0. The molecule has 2 heteroatoms. The zero-order valence-corrected chi connectivity index (χ0v) is 10.7. The Morgan fingerprint density at radius 2 is 2.06 bits per heavy atom. The summed E-state index contributed by atoms with van der Waals surface area (Å²) in [5, 5.41) is 0. The Balaban J connectivity index is 2.77. The van der Waals surface area contributed by atoms with E-state index in [9.17, 15) is 0 Å². The van der Waals surface area contributed by atoms with Crippen LogP contribution in [0.5, 0.6) is 0 Å². The maximum absolute atomic E-state index is 5.65. The van der Waals surface area contributed by atoms with Crippen molar-refractivity contribution in [2.45, 2.75) is 46.1 Å². The largest absolute Gasteiger partial charge is 0.271 e. The third kappa shape index (κ3) is 3.62. The van der Waals surface area contributed by atoms with Crippen molar-refractivity contribution in [3.8, 4) is 0 Å². The molecular formula is C14H24N2. The third-order valence-corrected chi connectivity index (χ3v) is 3.30. The molecule has 1 aromatic carbocycles. The smallest absolute Gasteiger partial charge is 0.0462 e. The number of hydrogen-bond acceptors (Lipinski definition) is 2. The van der Waals surface area contributed by atoms with Crippen molar-refractivity contribution < 1.29 is 0 Å². The van der Waals surface area contributed by atoms with E-state index in [1.54, 1.807) is 0 Å². The molecule has 0 aliphatic heterocycles. The molecule has 0 amide bonds. The molecule has 16 heavy (non-hydrogen) atoms. The molecule has 0 saturated carbocycles. The lowest BCUT2D eigenvalue weighted by Gasteiger charge is -2.20. The van der Waals surface area contributed by atoms with Crippen molar-refractivity contribution in [1.29, 1.82) is 0 Å². The Hall–Kier alpha value is -0.860. The Morgan fingerprint density at radius 1 is 1.31 bits per heavy atom. The minimum absolute atomic E-state index is 0.279. The molecule has 0 bridgehead atoms. The van der Waals surface area contributed by atoms with E-state index in [1.807, 2.05) is 0 Å². The van der Waals surface area contributed by atoms with Crippen LogP contribution in [0, 0.1) is 5.92 Å². The highest BCUT2D eigenvalue weighted by atomic mass is 15.2. The lowest BCUT2D eigenvalue weighted by molar-refractivity contribution is 0.407. The fraction of sp³-hybridized carbons (Fsp3) is 0.571. The second kappa shape index (κ2) is 6.66. The van der Waals surface area contributed by atoms with Crippen molar-refractivity contribution in [2.24, 2.45) is 11.8 Å². The monoisotopic (exact) mass is 220 g/mol. The summed E-state index contributed by atoms with van der Waals surface area (Å²) in [6.07, 6.45) is 3.38. The molecule has 2 unspecified atom stereocenters. The van der Waals surface area contributed by atoms with Crippen LogP contribution in [-0.2, 0) is 6.42 Å². The highest BCUT2D eigenvalue weighted by molar-refractivity contribution is 5.26. The lowest BCUT2D eigenvalue weighted by Crippen LogP contribution is -2.29. The van der Waals surface area contributed by atoms with E-state index in [4.69, 9.17) is 5.84 Å². The summed E-state index contributed by atoms with van der Waals surface area (Å²) >= 11 is 0. The van der Waals surface area contributed by atoms with Gasteiger partial charge in [0, 0.05) is 6.04 Å². The molecule has 0 aliphatic carbocycles. The topological polar surface area (TPSA) is 38.0 Å². The fourth-order valence-electron chi connectivity index (χ4n) is 1.90. The Kier molecular flexibility index (Phi) is 5.50. The van der Waals surface area contributed by atoms with Crippen LogP contribution in [0.4, 0.5) is 0 Å². The van der Waals surface area contributed by atoms with Crippen LogP contribution in [-0.4, -0.2) is 0 Å². The first-order chi connectivity index (χ1) is 7.71. The van der Waals surface area contributed by atoms with Gasteiger partial charge in [0.15, 0.2) is 0 Å². The maximum Gasteiger partial charge on any atom is 0.0462 e. The fourth-order valence-corrected chi connectivity index (χ4v) is 1.90. The minimum Gasteiger partial charge on any atom is -0.271 e. The highest BCUT2D eigenvalue weighted by Gasteiger charge is 2.12. The normalized spacial score (nSPS) is 14.8. The molecule has 0 heterocycles. The van der Waals surface area contributed by atoms with Crippen molar-refractivity contribution in [2.75, 3.05) is 0 Å². The first kappa shape index (κ1) is 13.2. The number of hydrogen-bond donors (Lipinski definition) is 2.